The number of hydrogen-bond donors (Lipinski definition) is 1. The number of carbonyl (C=O) groups excluding carboxylic acids is 1. The molecular formula is C23H16F3N3O. The summed E-state index contributed by atoms with van der Waals surface area (Å²) in [5.41, 5.74) is 1.48. The number of nitrogens with one attached hydrogen (secondary N) is 1. The minimum atomic E-state index is -4.54. The Labute approximate surface area is 170 Å². The lowest BCUT2D eigenvalue weighted by Gasteiger charge is -2.12. The van der Waals surface area contributed by atoms with Gasteiger partial charge in [-0.3, -0.25) is 4.79 Å². The lowest BCUT2D eigenvalue weighted by atomic mass is 10.1. The predicted molar refractivity (Wildman–Crippen MR) is 109 cm³/mol. The molecule has 0 atom stereocenters. The molecule has 0 bridgehead atoms. The molecule has 0 aliphatic heterocycles. The minimum Gasteiger partial charge on any atom is -0.321 e. The Bertz CT molecular complexity index is 1220. The van der Waals surface area contributed by atoms with Crippen molar-refractivity contribution in [3.8, 4) is 11.4 Å². The Hall–Kier alpha value is -3.74. The number of benzene rings is 3. The van der Waals surface area contributed by atoms with E-state index in [2.05, 4.69) is 15.3 Å². The Kier molecular flexibility index (Phi) is 4.95. The summed E-state index contributed by atoms with van der Waals surface area (Å²) in [4.78, 5) is 21.7. The number of para-hydroxylation sites is 1. The Morgan fingerprint density at radius 3 is 2.27 bits per heavy atom. The van der Waals surface area contributed by atoms with Crippen LogP contribution in [0.15, 0.2) is 72.8 Å². The largest absolute Gasteiger partial charge is 0.416 e. The zero-order chi connectivity index (χ0) is 21.3. The molecule has 0 aliphatic carbocycles. The molecule has 7 heteroatoms. The molecule has 0 radical (unpaired) electrons. The third-order valence-corrected chi connectivity index (χ3v) is 4.58. The fourth-order valence-electron chi connectivity index (χ4n) is 3.02. The topological polar surface area (TPSA) is 54.9 Å². The zero-order valence-corrected chi connectivity index (χ0v) is 15.9. The van der Waals surface area contributed by atoms with Crippen molar-refractivity contribution in [2.24, 2.45) is 0 Å². The molecule has 1 aromatic heterocycles. The first kappa shape index (κ1) is 19.6. The molecule has 0 saturated carbocycles. The van der Waals surface area contributed by atoms with E-state index in [0.717, 1.165) is 17.7 Å². The fourth-order valence-corrected chi connectivity index (χ4v) is 3.02. The Morgan fingerprint density at radius 1 is 0.900 bits per heavy atom. The van der Waals surface area contributed by atoms with E-state index in [4.69, 9.17) is 0 Å². The van der Waals surface area contributed by atoms with Crippen LogP contribution in [0.2, 0.25) is 0 Å². The number of amides is 1. The molecule has 3 aromatic carbocycles. The Morgan fingerprint density at radius 2 is 1.60 bits per heavy atom. The van der Waals surface area contributed by atoms with E-state index in [1.807, 2.05) is 19.1 Å². The van der Waals surface area contributed by atoms with Crippen LogP contribution in [0.3, 0.4) is 0 Å². The first-order chi connectivity index (χ1) is 14.3. The molecule has 4 nitrogen and oxygen atoms in total. The van der Waals surface area contributed by atoms with Gasteiger partial charge < -0.3 is 5.32 Å². The van der Waals surface area contributed by atoms with E-state index in [1.54, 1.807) is 42.5 Å². The van der Waals surface area contributed by atoms with Crippen LogP contribution in [0, 0.1) is 6.92 Å². The maximum Gasteiger partial charge on any atom is 0.416 e. The highest BCUT2D eigenvalue weighted by atomic mass is 19.4. The van der Waals surface area contributed by atoms with Crippen molar-refractivity contribution in [3.05, 3.63) is 89.6 Å². The average molecular weight is 407 g/mol. The summed E-state index contributed by atoms with van der Waals surface area (Å²) >= 11 is 0. The first-order valence-electron chi connectivity index (χ1n) is 9.14. The summed E-state index contributed by atoms with van der Waals surface area (Å²) < 4.78 is 39.7. The highest BCUT2D eigenvalue weighted by Gasteiger charge is 2.31. The highest BCUT2D eigenvalue weighted by molar-refractivity contribution is 6.11. The van der Waals surface area contributed by atoms with Crippen molar-refractivity contribution in [1.29, 1.82) is 0 Å². The summed E-state index contributed by atoms with van der Waals surface area (Å²) in [6.45, 7) is 1.93. The molecule has 4 rings (SSSR count). The van der Waals surface area contributed by atoms with Gasteiger partial charge in [-0.05, 0) is 37.3 Å². The second-order valence-corrected chi connectivity index (χ2v) is 6.81. The van der Waals surface area contributed by atoms with E-state index >= 15 is 0 Å². The van der Waals surface area contributed by atoms with Crippen LogP contribution in [0.25, 0.3) is 22.3 Å². The summed E-state index contributed by atoms with van der Waals surface area (Å²) in [6, 6.07) is 19.1. The third kappa shape index (κ3) is 4.00. The van der Waals surface area contributed by atoms with E-state index in [1.165, 1.54) is 6.07 Å². The van der Waals surface area contributed by atoms with Crippen LogP contribution >= 0.6 is 0 Å². The quantitative estimate of drug-likeness (QED) is 0.462. The lowest BCUT2D eigenvalue weighted by molar-refractivity contribution is -0.137. The van der Waals surface area contributed by atoms with Crippen LogP contribution < -0.4 is 5.32 Å². The second-order valence-electron chi connectivity index (χ2n) is 6.81. The van der Waals surface area contributed by atoms with E-state index in [9.17, 15) is 18.0 Å². The van der Waals surface area contributed by atoms with Crippen molar-refractivity contribution >= 4 is 22.5 Å². The number of rotatable bonds is 3. The van der Waals surface area contributed by atoms with Gasteiger partial charge in [0.2, 0.25) is 0 Å². The number of halogens is 3. The molecule has 0 unspecified atom stereocenters. The molecule has 0 saturated heterocycles. The highest BCUT2D eigenvalue weighted by Crippen LogP contribution is 2.32. The van der Waals surface area contributed by atoms with Crippen LogP contribution in [-0.2, 0) is 6.18 Å². The monoisotopic (exact) mass is 407 g/mol. The maximum atomic E-state index is 13.2. The van der Waals surface area contributed by atoms with Gasteiger partial charge in [-0.1, -0.05) is 48.0 Å². The molecule has 0 spiro atoms. The molecule has 4 aromatic rings. The standard InChI is InChI=1S/C23H16F3N3O/c1-14-7-9-15(10-8-14)21-28-19-12-11-16(23(24,25)26)13-18(19)20(29-21)22(30)27-17-5-3-2-4-6-17/h2-13H,1H3,(H,27,30). The lowest BCUT2D eigenvalue weighted by Crippen LogP contribution is -2.16. The zero-order valence-electron chi connectivity index (χ0n) is 15.9. The molecule has 0 aliphatic rings. The second kappa shape index (κ2) is 7.59. The van der Waals surface area contributed by atoms with Crippen LogP contribution in [0.1, 0.15) is 21.6 Å². The molecule has 1 amide bonds. The number of aryl methyl sites for hydroxylation is 1. The van der Waals surface area contributed by atoms with Crippen molar-refractivity contribution < 1.29 is 18.0 Å². The average Bonchev–Trinajstić information content (AvgIpc) is 2.73. The van der Waals surface area contributed by atoms with Gasteiger partial charge in [-0.15, -0.1) is 0 Å². The first-order valence-corrected chi connectivity index (χ1v) is 9.14. The molecular weight excluding hydrogens is 391 g/mol. The van der Waals surface area contributed by atoms with Crippen molar-refractivity contribution in [2.75, 3.05) is 5.32 Å². The van der Waals surface area contributed by atoms with Gasteiger partial charge in [0, 0.05) is 16.6 Å². The normalized spacial score (nSPS) is 11.5. The summed E-state index contributed by atoms with van der Waals surface area (Å²) in [6.07, 6.45) is -4.54. The minimum absolute atomic E-state index is 0.0362. The fraction of sp³-hybridized carbons (Fsp3) is 0.0870. The predicted octanol–water partition coefficient (Wildman–Crippen LogP) is 5.88. The van der Waals surface area contributed by atoms with Gasteiger partial charge in [-0.2, -0.15) is 13.2 Å². The van der Waals surface area contributed by atoms with Gasteiger partial charge in [-0.25, -0.2) is 9.97 Å². The number of nitrogens with zero attached hydrogens (tertiary/aromatic N) is 2. The van der Waals surface area contributed by atoms with E-state index < -0.39 is 17.6 Å². The van der Waals surface area contributed by atoms with Gasteiger partial charge >= 0.3 is 6.18 Å². The summed E-state index contributed by atoms with van der Waals surface area (Å²) in [7, 11) is 0. The molecule has 30 heavy (non-hydrogen) atoms. The summed E-state index contributed by atoms with van der Waals surface area (Å²) in [5, 5.41) is 2.72. The SMILES string of the molecule is Cc1ccc(-c2nc(C(=O)Nc3ccccc3)c3cc(C(F)(F)F)ccc3n2)cc1. The third-order valence-electron chi connectivity index (χ3n) is 4.58. The van der Waals surface area contributed by atoms with Crippen molar-refractivity contribution in [3.63, 3.8) is 0 Å². The molecule has 1 heterocycles. The Balaban J connectivity index is 1.88. The van der Waals surface area contributed by atoms with Gasteiger partial charge in [0.05, 0.1) is 11.1 Å². The van der Waals surface area contributed by atoms with Crippen LogP contribution in [-0.4, -0.2) is 15.9 Å². The van der Waals surface area contributed by atoms with Gasteiger partial charge in [0.15, 0.2) is 5.82 Å². The number of aromatic nitrogens is 2. The maximum absolute atomic E-state index is 13.2. The smallest absolute Gasteiger partial charge is 0.321 e. The van der Waals surface area contributed by atoms with Crippen LogP contribution in [0.4, 0.5) is 18.9 Å². The number of fused-ring (bicyclic) bond motifs is 1. The molecule has 0 fully saturated rings. The number of anilines is 1. The van der Waals surface area contributed by atoms with Gasteiger partial charge in [0.1, 0.15) is 5.69 Å². The van der Waals surface area contributed by atoms with Crippen molar-refractivity contribution in [1.82, 2.24) is 9.97 Å². The van der Waals surface area contributed by atoms with E-state index in [-0.39, 0.29) is 22.4 Å². The summed E-state index contributed by atoms with van der Waals surface area (Å²) in [5.74, 6) is -0.346. The molecule has 1 N–H and O–H groups in total. The van der Waals surface area contributed by atoms with Crippen LogP contribution in [0.5, 0.6) is 0 Å². The number of carbonyl (C=O) groups is 1. The molecule has 150 valence electrons. The van der Waals surface area contributed by atoms with E-state index in [0.29, 0.717) is 11.3 Å². The van der Waals surface area contributed by atoms with Gasteiger partial charge in [0.25, 0.3) is 5.91 Å². The number of hydrogen-bond acceptors (Lipinski definition) is 3. The number of alkyl halides is 3. The van der Waals surface area contributed by atoms with Crippen molar-refractivity contribution in [2.45, 2.75) is 13.1 Å².